The molecule has 0 radical (unpaired) electrons. The summed E-state index contributed by atoms with van der Waals surface area (Å²) in [6.07, 6.45) is 5.76. The summed E-state index contributed by atoms with van der Waals surface area (Å²) < 4.78 is 5.26. The van der Waals surface area contributed by atoms with Crippen LogP contribution < -0.4 is 20.3 Å². The number of aromatic nitrogens is 2. The maximum atomic E-state index is 10.4. The third kappa shape index (κ3) is 4.49. The monoisotopic (exact) mass is 479 g/mol. The molecule has 1 spiro atoms. The van der Waals surface area contributed by atoms with E-state index in [1.165, 1.54) is 19.3 Å². The standard InChI is InChI=1S/C26H33N5O2S/c1-31(2)24-19-6-4-5-7-20(19)29-25(30-24)28-17-8-10-26(11-9-17)14-22(26)27-15-16-12-18(34)13-21(33-3)23(16)32/h4-7,12-13,17,22,27,32,34H,8-11,14-15H2,1-3H3,(H,28,29,30)/t17?,22-,26?/m1/s1. The smallest absolute Gasteiger partial charge is 0.225 e. The number of anilines is 2. The Labute approximate surface area is 206 Å². The van der Waals surface area contributed by atoms with Gasteiger partial charge < -0.3 is 25.4 Å². The Hall–Kier alpha value is -2.71. The lowest BCUT2D eigenvalue weighted by atomic mass is 9.83. The summed E-state index contributed by atoms with van der Waals surface area (Å²) in [7, 11) is 5.60. The molecule has 0 unspecified atom stereocenters. The maximum absolute atomic E-state index is 10.4. The quantitative estimate of drug-likeness (QED) is 0.369. The number of phenolic OH excluding ortho intramolecular Hbond substituents is 1. The van der Waals surface area contributed by atoms with E-state index < -0.39 is 0 Å². The molecule has 7 nitrogen and oxygen atoms in total. The number of rotatable bonds is 7. The van der Waals surface area contributed by atoms with E-state index in [2.05, 4.69) is 29.3 Å². The number of ether oxygens (including phenoxy) is 1. The lowest BCUT2D eigenvalue weighted by Gasteiger charge is -2.30. The van der Waals surface area contributed by atoms with E-state index in [1.54, 1.807) is 13.2 Å². The van der Waals surface area contributed by atoms with Gasteiger partial charge in [-0.05, 0) is 61.8 Å². The van der Waals surface area contributed by atoms with Crippen LogP contribution in [-0.2, 0) is 6.54 Å². The third-order valence-corrected chi connectivity index (χ3v) is 7.67. The van der Waals surface area contributed by atoms with Crippen molar-refractivity contribution in [2.24, 2.45) is 5.41 Å². The number of nitrogens with one attached hydrogen (secondary N) is 2. The number of methoxy groups -OCH3 is 1. The van der Waals surface area contributed by atoms with Crippen LogP contribution in [0.15, 0.2) is 41.3 Å². The van der Waals surface area contributed by atoms with Crippen molar-refractivity contribution in [3.63, 3.8) is 0 Å². The van der Waals surface area contributed by atoms with E-state index in [-0.39, 0.29) is 5.75 Å². The Morgan fingerprint density at radius 1 is 1.18 bits per heavy atom. The second kappa shape index (κ2) is 9.15. The molecule has 34 heavy (non-hydrogen) atoms. The predicted octanol–water partition coefficient (Wildman–Crippen LogP) is 4.60. The predicted molar refractivity (Wildman–Crippen MR) is 139 cm³/mol. The Morgan fingerprint density at radius 3 is 2.68 bits per heavy atom. The fourth-order valence-corrected chi connectivity index (χ4v) is 5.62. The molecular formula is C26H33N5O2S. The van der Waals surface area contributed by atoms with Gasteiger partial charge in [0.05, 0.1) is 12.6 Å². The molecule has 5 rings (SSSR count). The first-order valence-corrected chi connectivity index (χ1v) is 12.4. The molecule has 1 aromatic heterocycles. The lowest BCUT2D eigenvalue weighted by molar-refractivity contribution is 0.295. The van der Waals surface area contributed by atoms with E-state index in [9.17, 15) is 5.11 Å². The molecule has 180 valence electrons. The van der Waals surface area contributed by atoms with Crippen molar-refractivity contribution in [2.45, 2.75) is 55.6 Å². The molecule has 2 fully saturated rings. The van der Waals surface area contributed by atoms with E-state index in [0.717, 1.165) is 40.0 Å². The first-order chi connectivity index (χ1) is 16.4. The molecule has 0 aliphatic heterocycles. The first kappa shape index (κ1) is 23.1. The number of benzene rings is 2. The molecule has 0 saturated heterocycles. The van der Waals surface area contributed by atoms with Crippen molar-refractivity contribution >= 4 is 35.3 Å². The van der Waals surface area contributed by atoms with Crippen LogP contribution in [-0.4, -0.2) is 48.4 Å². The Balaban J connectivity index is 1.18. The van der Waals surface area contributed by atoms with Gasteiger partial charge in [-0.15, -0.1) is 12.6 Å². The van der Waals surface area contributed by atoms with Crippen LogP contribution in [0.2, 0.25) is 0 Å². The van der Waals surface area contributed by atoms with Crippen molar-refractivity contribution in [3.05, 3.63) is 42.0 Å². The highest BCUT2D eigenvalue weighted by Crippen LogP contribution is 2.56. The summed E-state index contributed by atoms with van der Waals surface area (Å²) in [5.74, 6) is 2.32. The minimum atomic E-state index is 0.197. The minimum Gasteiger partial charge on any atom is -0.504 e. The number of fused-ring (bicyclic) bond motifs is 1. The van der Waals surface area contributed by atoms with Crippen LogP contribution in [0.5, 0.6) is 11.5 Å². The zero-order chi connectivity index (χ0) is 23.9. The maximum Gasteiger partial charge on any atom is 0.225 e. The minimum absolute atomic E-state index is 0.197. The summed E-state index contributed by atoms with van der Waals surface area (Å²) in [6.45, 7) is 0.614. The SMILES string of the molecule is COc1cc(S)cc(CN[C@@H]2CC23CCC(Nc2nc(N(C)C)c4ccccc4n2)CC3)c1O. The molecule has 2 saturated carbocycles. The van der Waals surface area contributed by atoms with E-state index in [0.29, 0.717) is 35.7 Å². The van der Waals surface area contributed by atoms with Crippen LogP contribution in [0.25, 0.3) is 10.9 Å². The molecule has 8 heteroatoms. The molecule has 2 aliphatic rings. The number of hydrogen-bond donors (Lipinski definition) is 4. The van der Waals surface area contributed by atoms with Gasteiger partial charge in [-0.2, -0.15) is 4.98 Å². The van der Waals surface area contributed by atoms with Gasteiger partial charge in [0.25, 0.3) is 0 Å². The molecule has 3 N–H and O–H groups in total. The zero-order valence-corrected chi connectivity index (χ0v) is 20.9. The van der Waals surface area contributed by atoms with Crippen LogP contribution in [0.4, 0.5) is 11.8 Å². The summed E-state index contributed by atoms with van der Waals surface area (Å²) in [6, 6.07) is 12.7. The lowest BCUT2D eigenvalue weighted by Crippen LogP contribution is -2.31. The number of thiol groups is 1. The van der Waals surface area contributed by atoms with Gasteiger partial charge in [-0.3, -0.25) is 0 Å². The van der Waals surface area contributed by atoms with Crippen molar-refractivity contribution < 1.29 is 9.84 Å². The van der Waals surface area contributed by atoms with Gasteiger partial charge in [0.2, 0.25) is 5.95 Å². The van der Waals surface area contributed by atoms with Crippen LogP contribution in [0, 0.1) is 5.41 Å². The van der Waals surface area contributed by atoms with Crippen molar-refractivity contribution in [1.82, 2.24) is 15.3 Å². The van der Waals surface area contributed by atoms with E-state index in [4.69, 9.17) is 14.7 Å². The normalized spacial score (nSPS) is 23.8. The average Bonchev–Trinajstić information content (AvgIpc) is 3.51. The zero-order valence-electron chi connectivity index (χ0n) is 20.0. The highest BCUT2D eigenvalue weighted by atomic mass is 32.1. The highest BCUT2D eigenvalue weighted by Gasteiger charge is 2.54. The van der Waals surface area contributed by atoms with Crippen molar-refractivity contribution in [2.75, 3.05) is 31.4 Å². The second-order valence-corrected chi connectivity index (χ2v) is 10.4. The fourth-order valence-electron chi connectivity index (χ4n) is 5.35. The van der Waals surface area contributed by atoms with Gasteiger partial charge >= 0.3 is 0 Å². The summed E-state index contributed by atoms with van der Waals surface area (Å²) in [5.41, 5.74) is 2.16. The second-order valence-electron chi connectivity index (χ2n) is 9.86. The first-order valence-electron chi connectivity index (χ1n) is 11.9. The van der Waals surface area contributed by atoms with Gasteiger partial charge in [0.1, 0.15) is 5.82 Å². The average molecular weight is 480 g/mol. The summed E-state index contributed by atoms with van der Waals surface area (Å²) in [5, 5.41) is 18.8. The van der Waals surface area contributed by atoms with Crippen LogP contribution in [0.1, 0.15) is 37.7 Å². The largest absolute Gasteiger partial charge is 0.504 e. The van der Waals surface area contributed by atoms with Crippen LogP contribution in [0.3, 0.4) is 0 Å². The molecule has 3 aromatic rings. The van der Waals surface area contributed by atoms with Crippen LogP contribution >= 0.6 is 12.6 Å². The summed E-state index contributed by atoms with van der Waals surface area (Å²) in [4.78, 5) is 12.4. The molecule has 1 heterocycles. The van der Waals surface area contributed by atoms with Gasteiger partial charge in [-0.25, -0.2) is 4.98 Å². The molecule has 0 bridgehead atoms. The number of hydrogen-bond acceptors (Lipinski definition) is 8. The number of phenols is 1. The Morgan fingerprint density at radius 2 is 1.94 bits per heavy atom. The Kier molecular flexibility index (Phi) is 6.20. The third-order valence-electron chi connectivity index (χ3n) is 7.41. The van der Waals surface area contributed by atoms with E-state index >= 15 is 0 Å². The highest BCUT2D eigenvalue weighted by molar-refractivity contribution is 7.80. The molecule has 2 aliphatic carbocycles. The van der Waals surface area contributed by atoms with Crippen molar-refractivity contribution in [3.8, 4) is 11.5 Å². The topological polar surface area (TPSA) is 82.5 Å². The molecule has 1 atom stereocenters. The molecule has 2 aromatic carbocycles. The number of aromatic hydroxyl groups is 1. The Bertz CT molecular complexity index is 1190. The molecule has 0 amide bonds. The van der Waals surface area contributed by atoms with Gasteiger partial charge in [0.15, 0.2) is 11.5 Å². The number of para-hydroxylation sites is 1. The summed E-state index contributed by atoms with van der Waals surface area (Å²) >= 11 is 4.43. The fraction of sp³-hybridized carbons (Fsp3) is 0.462. The van der Waals surface area contributed by atoms with Gasteiger partial charge in [0, 0.05) is 48.6 Å². The van der Waals surface area contributed by atoms with Gasteiger partial charge in [-0.1, -0.05) is 12.1 Å². The molecular weight excluding hydrogens is 446 g/mol. The van der Waals surface area contributed by atoms with E-state index in [1.807, 2.05) is 43.3 Å². The van der Waals surface area contributed by atoms with Crippen molar-refractivity contribution in [1.29, 1.82) is 0 Å². The number of nitrogens with zero attached hydrogens (tertiary/aromatic N) is 3.